The molecule has 0 radical (unpaired) electrons. The zero-order valence-corrected chi connectivity index (χ0v) is 18.2. The van der Waals surface area contributed by atoms with E-state index in [4.69, 9.17) is 16.6 Å². The minimum Gasteiger partial charge on any atom is -0.326 e. The van der Waals surface area contributed by atoms with E-state index in [1.54, 1.807) is 0 Å². The van der Waals surface area contributed by atoms with E-state index < -0.39 is 0 Å². The number of nitrogens with one attached hydrogen (secondary N) is 2. The van der Waals surface area contributed by atoms with E-state index in [-0.39, 0.29) is 5.54 Å². The van der Waals surface area contributed by atoms with Crippen LogP contribution >= 0.6 is 34.5 Å². The number of rotatable bonds is 4. The van der Waals surface area contributed by atoms with Gasteiger partial charge in [-0.25, -0.2) is 4.99 Å². The number of guanidine groups is 1. The van der Waals surface area contributed by atoms with E-state index in [0.717, 1.165) is 22.6 Å². The first kappa shape index (κ1) is 19.1. The highest BCUT2D eigenvalue weighted by Crippen LogP contribution is 2.53. The molecule has 0 spiro atoms. The summed E-state index contributed by atoms with van der Waals surface area (Å²) in [4.78, 5) is 5.13. The van der Waals surface area contributed by atoms with E-state index in [1.807, 2.05) is 24.3 Å². The minimum atomic E-state index is 0.134. The smallest absolute Gasteiger partial charge is 0.205 e. The Bertz CT molecular complexity index is 779. The third kappa shape index (κ3) is 4.60. The number of hydrogen-bond acceptors (Lipinski definition) is 1. The molecule has 0 unspecified atom stereocenters. The Kier molecular flexibility index (Phi) is 5.93. The minimum absolute atomic E-state index is 0.134. The van der Waals surface area contributed by atoms with E-state index in [1.165, 1.54) is 44.1 Å². The molecule has 4 rings (SSSR count). The van der Waals surface area contributed by atoms with E-state index in [0.29, 0.717) is 5.92 Å². The van der Waals surface area contributed by atoms with Crippen molar-refractivity contribution in [3.8, 4) is 0 Å². The molecule has 142 valence electrons. The monoisotopic (exact) mass is 493 g/mol. The average Bonchev–Trinajstić information content (AvgIpc) is 3.51. The van der Waals surface area contributed by atoms with Crippen molar-refractivity contribution in [3.05, 3.63) is 65.2 Å². The summed E-state index contributed by atoms with van der Waals surface area (Å²) in [6, 6.07) is 18.7. The lowest BCUT2D eigenvalue weighted by molar-refractivity contribution is 0.271. The van der Waals surface area contributed by atoms with Crippen molar-refractivity contribution in [2.24, 2.45) is 10.9 Å². The van der Waals surface area contributed by atoms with Gasteiger partial charge in [0.25, 0.3) is 0 Å². The summed E-state index contributed by atoms with van der Waals surface area (Å²) < 4.78 is 3.21. The Balaban J connectivity index is 1.41. The fraction of sp³-hybridized carbons (Fsp3) is 0.409. The van der Waals surface area contributed by atoms with Crippen LogP contribution in [0.3, 0.4) is 0 Å². The standard InChI is InChI=1S/C22H25ClIN3/c23-19-10-12-20(13-11-19)25-21(27-24)26-22(14-15-22)18-8-6-17(7-9-18)16-4-2-1-3-5-16/h1-5,10-13,17-18H,6-9,14-15H2,(H2,25,26,27). The van der Waals surface area contributed by atoms with Crippen LogP contribution in [0.15, 0.2) is 59.6 Å². The molecule has 0 aromatic heterocycles. The summed E-state index contributed by atoms with van der Waals surface area (Å²) in [6.45, 7) is 0. The topological polar surface area (TPSA) is 36.4 Å². The normalized spacial score (nSPS) is 24.3. The quantitative estimate of drug-likeness (QED) is 0.219. The van der Waals surface area contributed by atoms with Crippen LogP contribution in [0.5, 0.6) is 0 Å². The van der Waals surface area contributed by atoms with Gasteiger partial charge in [0.15, 0.2) is 0 Å². The van der Waals surface area contributed by atoms with Gasteiger partial charge < -0.3 is 5.32 Å². The van der Waals surface area contributed by atoms with Crippen molar-refractivity contribution >= 4 is 46.1 Å². The van der Waals surface area contributed by atoms with Crippen LogP contribution in [0.1, 0.15) is 50.0 Å². The predicted molar refractivity (Wildman–Crippen MR) is 123 cm³/mol. The molecule has 27 heavy (non-hydrogen) atoms. The second kappa shape index (κ2) is 8.39. The molecule has 2 saturated carbocycles. The van der Waals surface area contributed by atoms with Crippen molar-refractivity contribution in [2.75, 3.05) is 5.32 Å². The van der Waals surface area contributed by atoms with Gasteiger partial charge in [0.1, 0.15) is 0 Å². The molecule has 0 atom stereocenters. The van der Waals surface area contributed by atoms with Crippen molar-refractivity contribution in [1.29, 1.82) is 0 Å². The molecule has 0 saturated heterocycles. The molecule has 3 nitrogen and oxygen atoms in total. The maximum Gasteiger partial charge on any atom is 0.205 e. The van der Waals surface area contributed by atoms with Crippen molar-refractivity contribution in [1.82, 2.24) is 3.53 Å². The first-order valence-electron chi connectivity index (χ1n) is 9.72. The van der Waals surface area contributed by atoms with Gasteiger partial charge in [-0.05, 0) is 80.2 Å². The highest BCUT2D eigenvalue weighted by atomic mass is 127. The Hall–Kier alpha value is -1.27. The number of hydrogen-bond donors (Lipinski definition) is 2. The van der Waals surface area contributed by atoms with Crippen LogP contribution in [0, 0.1) is 5.92 Å². The molecule has 5 heteroatoms. The zero-order valence-electron chi connectivity index (χ0n) is 15.3. The lowest BCUT2D eigenvalue weighted by Gasteiger charge is -2.33. The highest BCUT2D eigenvalue weighted by Gasteiger charge is 2.50. The summed E-state index contributed by atoms with van der Waals surface area (Å²) in [5.41, 5.74) is 2.64. The van der Waals surface area contributed by atoms with Gasteiger partial charge in [-0.15, -0.1) is 0 Å². The van der Waals surface area contributed by atoms with Gasteiger partial charge in [0.2, 0.25) is 5.96 Å². The zero-order chi connectivity index (χ0) is 18.7. The summed E-state index contributed by atoms with van der Waals surface area (Å²) in [7, 11) is 0. The summed E-state index contributed by atoms with van der Waals surface area (Å²) in [5.74, 6) is 2.27. The van der Waals surface area contributed by atoms with Gasteiger partial charge in [-0.3, -0.25) is 3.53 Å². The second-order valence-electron chi connectivity index (χ2n) is 7.75. The molecule has 0 heterocycles. The molecular formula is C22H25ClIN3. The molecule has 2 aliphatic rings. The number of nitrogens with zero attached hydrogens (tertiary/aromatic N) is 1. The largest absolute Gasteiger partial charge is 0.326 e. The maximum absolute atomic E-state index is 5.98. The van der Waals surface area contributed by atoms with Crippen LogP contribution in [0.25, 0.3) is 0 Å². The number of anilines is 1. The Labute approximate surface area is 180 Å². The second-order valence-corrected chi connectivity index (χ2v) is 8.73. The highest BCUT2D eigenvalue weighted by molar-refractivity contribution is 14.1. The van der Waals surface area contributed by atoms with Crippen LogP contribution in [0.4, 0.5) is 5.69 Å². The molecule has 0 amide bonds. The van der Waals surface area contributed by atoms with E-state index in [9.17, 15) is 0 Å². The first-order valence-corrected chi connectivity index (χ1v) is 11.2. The van der Waals surface area contributed by atoms with E-state index in [2.05, 4.69) is 62.0 Å². The average molecular weight is 494 g/mol. The fourth-order valence-electron chi connectivity index (χ4n) is 4.39. The van der Waals surface area contributed by atoms with Gasteiger partial charge in [-0.1, -0.05) is 41.9 Å². The molecule has 0 bridgehead atoms. The Morgan fingerprint density at radius 2 is 1.63 bits per heavy atom. The van der Waals surface area contributed by atoms with Crippen LogP contribution in [-0.2, 0) is 0 Å². The maximum atomic E-state index is 5.98. The molecule has 2 aromatic carbocycles. The van der Waals surface area contributed by atoms with Crippen molar-refractivity contribution < 1.29 is 0 Å². The number of halogens is 2. The molecule has 2 aromatic rings. The van der Waals surface area contributed by atoms with Gasteiger partial charge in [0.05, 0.1) is 28.4 Å². The lowest BCUT2D eigenvalue weighted by Crippen LogP contribution is -2.31. The van der Waals surface area contributed by atoms with Gasteiger partial charge >= 0.3 is 0 Å². The molecule has 2 fully saturated rings. The summed E-state index contributed by atoms with van der Waals surface area (Å²) in [6.07, 6.45) is 7.53. The van der Waals surface area contributed by atoms with Gasteiger partial charge in [0, 0.05) is 10.7 Å². The third-order valence-corrected chi connectivity index (χ3v) is 6.81. The van der Waals surface area contributed by atoms with Crippen LogP contribution in [-0.4, -0.2) is 11.5 Å². The fourth-order valence-corrected chi connectivity index (χ4v) is 4.78. The first-order chi connectivity index (χ1) is 13.2. The summed E-state index contributed by atoms with van der Waals surface area (Å²) >= 11 is 8.14. The van der Waals surface area contributed by atoms with Crippen LogP contribution < -0.4 is 8.85 Å². The van der Waals surface area contributed by atoms with Crippen LogP contribution in [0.2, 0.25) is 5.02 Å². The molecular weight excluding hydrogens is 469 g/mol. The number of aliphatic imine (C=N–C) groups is 1. The summed E-state index contributed by atoms with van der Waals surface area (Å²) in [5, 5.41) is 4.14. The molecule has 2 N–H and O–H groups in total. The lowest BCUT2D eigenvalue weighted by atomic mass is 9.75. The Morgan fingerprint density at radius 1 is 0.963 bits per heavy atom. The van der Waals surface area contributed by atoms with E-state index >= 15 is 0 Å². The Morgan fingerprint density at radius 3 is 2.22 bits per heavy atom. The molecule has 0 aliphatic heterocycles. The molecule has 2 aliphatic carbocycles. The third-order valence-electron chi connectivity index (χ3n) is 6.05. The van der Waals surface area contributed by atoms with Gasteiger partial charge in [-0.2, -0.15) is 0 Å². The number of benzene rings is 2. The predicted octanol–water partition coefficient (Wildman–Crippen LogP) is 6.55. The van der Waals surface area contributed by atoms with Crippen molar-refractivity contribution in [3.63, 3.8) is 0 Å². The van der Waals surface area contributed by atoms with Crippen molar-refractivity contribution in [2.45, 2.75) is 50.0 Å². The SMILES string of the molecule is Clc1ccc(NC(=NC2(C3CCC(c4ccccc4)CC3)CC2)NI)cc1.